The standard InChI is InChI=1S/C52H75ClN5O9P/c1-7-8-9-10-11-12-13-14-15-16-17-18-19-20-21-22-23-26-41(63-40-30-29-39(34-54)46(33-40)62-38(2)3)35-60-68(59,67-45-28-25-24-27-42(45)53)61-36-52(6)49-48(64-51(4,5)66-49)47(65-52)43-31-32-44-50(55)56-37-57-58(43)44/h24-25,27-33,37-38,41,47-49H,7-23,26,35-36H2,1-6H3,(H2,55,56,57)/t41-,47+,48+,49+,52-,68?/m1/s1. The van der Waals surface area contributed by atoms with Gasteiger partial charge in [-0.15, -0.1) is 0 Å². The molecule has 2 aromatic heterocycles. The summed E-state index contributed by atoms with van der Waals surface area (Å²) in [5.74, 6) is 0.383. The van der Waals surface area contributed by atoms with E-state index in [2.05, 4.69) is 23.1 Å². The Bertz CT molecular complexity index is 2270. The molecular weight excluding hydrogens is 905 g/mol. The first-order valence-electron chi connectivity index (χ1n) is 25.1. The zero-order valence-electron chi connectivity index (χ0n) is 41.2. The number of benzene rings is 2. The zero-order valence-corrected chi connectivity index (χ0v) is 42.8. The second-order valence-corrected chi connectivity index (χ2v) is 21.2. The molecule has 6 atom stereocenters. The lowest BCUT2D eigenvalue weighted by molar-refractivity contribution is -0.212. The Hall–Kier alpha value is -3.93. The summed E-state index contributed by atoms with van der Waals surface area (Å²) in [7, 11) is -4.49. The van der Waals surface area contributed by atoms with Crippen molar-refractivity contribution in [2.45, 2.75) is 199 Å². The van der Waals surface area contributed by atoms with Crippen molar-refractivity contribution >= 4 is 30.8 Å². The minimum absolute atomic E-state index is 0.123. The molecule has 2 saturated heterocycles. The highest BCUT2D eigenvalue weighted by atomic mass is 35.5. The van der Waals surface area contributed by atoms with Crippen molar-refractivity contribution in [1.82, 2.24) is 14.6 Å². The smallest absolute Gasteiger partial charge is 0.489 e. The van der Waals surface area contributed by atoms with Gasteiger partial charge in [0.1, 0.15) is 65.2 Å². The highest BCUT2D eigenvalue weighted by Crippen LogP contribution is 2.55. The molecule has 2 aliphatic heterocycles. The van der Waals surface area contributed by atoms with Gasteiger partial charge in [0.25, 0.3) is 0 Å². The number of phosphoric ester groups is 1. The van der Waals surface area contributed by atoms with Crippen molar-refractivity contribution in [2.24, 2.45) is 0 Å². The summed E-state index contributed by atoms with van der Waals surface area (Å²) < 4.78 is 67.5. The predicted octanol–water partition coefficient (Wildman–Crippen LogP) is 13.7. The highest BCUT2D eigenvalue weighted by Gasteiger charge is 2.62. The van der Waals surface area contributed by atoms with Crippen molar-refractivity contribution < 1.29 is 41.8 Å². The Morgan fingerprint density at radius 3 is 2.10 bits per heavy atom. The van der Waals surface area contributed by atoms with E-state index in [4.69, 9.17) is 54.6 Å². The molecule has 16 heteroatoms. The molecule has 0 amide bonds. The van der Waals surface area contributed by atoms with E-state index in [1.54, 1.807) is 47.0 Å². The van der Waals surface area contributed by atoms with Crippen molar-refractivity contribution in [2.75, 3.05) is 18.9 Å². The number of fused-ring (bicyclic) bond motifs is 2. The van der Waals surface area contributed by atoms with Crippen LogP contribution in [0.25, 0.3) is 5.52 Å². The highest BCUT2D eigenvalue weighted by molar-refractivity contribution is 7.49. The van der Waals surface area contributed by atoms with Gasteiger partial charge in [0, 0.05) is 6.07 Å². The minimum atomic E-state index is -4.49. The summed E-state index contributed by atoms with van der Waals surface area (Å²) >= 11 is 6.56. The van der Waals surface area contributed by atoms with E-state index >= 15 is 4.57 Å². The van der Waals surface area contributed by atoms with Gasteiger partial charge in [0.15, 0.2) is 11.6 Å². The van der Waals surface area contributed by atoms with Crippen molar-refractivity contribution in [3.05, 3.63) is 77.2 Å². The van der Waals surface area contributed by atoms with Gasteiger partial charge in [-0.05, 0) is 83.9 Å². The van der Waals surface area contributed by atoms with Crippen LogP contribution in [-0.4, -0.2) is 63.6 Å². The molecule has 0 bridgehead atoms. The molecule has 2 fully saturated rings. The lowest BCUT2D eigenvalue weighted by atomic mass is 9.97. The van der Waals surface area contributed by atoms with Crippen molar-refractivity contribution in [1.29, 1.82) is 5.26 Å². The normalized spacial score (nSPS) is 21.1. The van der Waals surface area contributed by atoms with Gasteiger partial charge >= 0.3 is 7.82 Å². The third-order valence-electron chi connectivity index (χ3n) is 12.6. The molecule has 2 aliphatic rings. The number of hydrogen-bond donors (Lipinski definition) is 1. The number of nitrogen functional groups attached to an aromatic ring is 1. The van der Waals surface area contributed by atoms with Crippen LogP contribution in [0.1, 0.15) is 174 Å². The van der Waals surface area contributed by atoms with Gasteiger partial charge in [-0.2, -0.15) is 10.4 Å². The molecule has 4 aromatic rings. The molecule has 0 aliphatic carbocycles. The molecule has 68 heavy (non-hydrogen) atoms. The number of phosphoric acid groups is 1. The molecule has 1 unspecified atom stereocenters. The second kappa shape index (κ2) is 25.8. The molecular formula is C52H75ClN5O9P. The van der Waals surface area contributed by atoms with Gasteiger partial charge < -0.3 is 33.9 Å². The number of nitrogens with two attached hydrogens (primary N) is 1. The maximum atomic E-state index is 15.0. The first-order valence-corrected chi connectivity index (χ1v) is 26.9. The maximum absolute atomic E-state index is 15.0. The predicted molar refractivity (Wildman–Crippen MR) is 265 cm³/mol. The molecule has 2 aromatic carbocycles. The van der Waals surface area contributed by atoms with Gasteiger partial charge in [-0.25, -0.2) is 14.1 Å². The fourth-order valence-corrected chi connectivity index (χ4v) is 10.6. The van der Waals surface area contributed by atoms with Crippen LogP contribution in [0, 0.1) is 11.3 Å². The number of aromatic nitrogens is 3. The third kappa shape index (κ3) is 15.3. The van der Waals surface area contributed by atoms with E-state index in [-0.39, 0.29) is 30.1 Å². The average molecular weight is 981 g/mol. The van der Waals surface area contributed by atoms with E-state index in [1.807, 2.05) is 46.8 Å². The summed E-state index contributed by atoms with van der Waals surface area (Å²) in [4.78, 5) is 4.12. The van der Waals surface area contributed by atoms with E-state index in [0.717, 1.165) is 19.3 Å². The number of rotatable bonds is 31. The first-order chi connectivity index (χ1) is 32.7. The Morgan fingerprint density at radius 2 is 1.47 bits per heavy atom. The van der Waals surface area contributed by atoms with E-state index < -0.39 is 43.6 Å². The van der Waals surface area contributed by atoms with Crippen molar-refractivity contribution in [3.8, 4) is 23.3 Å². The number of hydrogen-bond acceptors (Lipinski definition) is 13. The fourth-order valence-electron chi connectivity index (χ4n) is 9.04. The first kappa shape index (κ1) is 53.4. The number of unbranched alkanes of at least 4 members (excludes halogenated alkanes) is 16. The summed E-state index contributed by atoms with van der Waals surface area (Å²) in [6.07, 6.45) is 20.9. The average Bonchev–Trinajstić information content (AvgIpc) is 3.97. The number of nitrogens with zero attached hydrogens (tertiary/aromatic N) is 4. The SMILES string of the molecule is CCCCCCCCCCCCCCCCCCC[C@H](COP(=O)(OC[C@@]1(C)O[C@@H](c2ccc3c(N)ncnn23)[C@@H]2OC(C)(C)O[C@@H]21)Oc1ccccc1Cl)Oc1ccc(C#N)c(OC(C)C)c1. The van der Waals surface area contributed by atoms with Crippen molar-refractivity contribution in [3.63, 3.8) is 0 Å². The topological polar surface area (TPSA) is 171 Å². The van der Waals surface area contributed by atoms with Crippen LogP contribution in [0.3, 0.4) is 0 Å². The molecule has 4 heterocycles. The van der Waals surface area contributed by atoms with E-state index in [9.17, 15) is 5.26 Å². The number of nitriles is 1. The monoisotopic (exact) mass is 979 g/mol. The number of anilines is 1. The summed E-state index contributed by atoms with van der Waals surface area (Å²) in [5, 5.41) is 14.4. The fraction of sp³-hybridized carbons (Fsp3) is 0.635. The molecule has 2 N–H and O–H groups in total. The number of halogens is 1. The maximum Gasteiger partial charge on any atom is 0.530 e. The molecule has 0 saturated carbocycles. The van der Waals surface area contributed by atoms with E-state index in [1.165, 1.54) is 96.2 Å². The van der Waals surface area contributed by atoms with Crippen LogP contribution in [0.2, 0.25) is 5.02 Å². The summed E-state index contributed by atoms with van der Waals surface area (Å²) in [6, 6.07) is 17.7. The van der Waals surface area contributed by atoms with Gasteiger partial charge in [0.2, 0.25) is 0 Å². The number of para-hydroxylation sites is 1. The quantitative estimate of drug-likeness (QED) is 0.0373. The van der Waals surface area contributed by atoms with Gasteiger partial charge in [-0.3, -0.25) is 9.05 Å². The van der Waals surface area contributed by atoms with Crippen LogP contribution in [0.4, 0.5) is 5.82 Å². The molecule has 0 spiro atoms. The van der Waals surface area contributed by atoms with Crippen LogP contribution in [-0.2, 0) is 27.8 Å². The lowest BCUT2D eigenvalue weighted by Gasteiger charge is -2.32. The largest absolute Gasteiger partial charge is 0.530 e. The number of ether oxygens (including phenoxy) is 5. The minimum Gasteiger partial charge on any atom is -0.489 e. The lowest BCUT2D eigenvalue weighted by Crippen LogP contribution is -2.44. The Kier molecular flexibility index (Phi) is 20.3. The second-order valence-electron chi connectivity index (χ2n) is 19.2. The molecule has 14 nitrogen and oxygen atoms in total. The Balaban J connectivity index is 1.10. The molecule has 6 rings (SSSR count). The molecule has 374 valence electrons. The van der Waals surface area contributed by atoms with Crippen LogP contribution in [0.5, 0.6) is 17.2 Å². The molecule has 0 radical (unpaired) electrons. The van der Waals surface area contributed by atoms with Crippen LogP contribution < -0.4 is 19.7 Å². The summed E-state index contributed by atoms with van der Waals surface area (Å²) in [6.45, 7) is 11.1. The Labute approximate surface area is 409 Å². The van der Waals surface area contributed by atoms with Crippen LogP contribution >= 0.6 is 19.4 Å². The van der Waals surface area contributed by atoms with Gasteiger partial charge in [-0.1, -0.05) is 133 Å². The zero-order chi connectivity index (χ0) is 48.6. The van der Waals surface area contributed by atoms with E-state index in [0.29, 0.717) is 40.5 Å². The Morgan fingerprint density at radius 1 is 0.824 bits per heavy atom. The van der Waals surface area contributed by atoms with Crippen LogP contribution in [0.15, 0.2) is 60.9 Å². The summed E-state index contributed by atoms with van der Waals surface area (Å²) in [5.41, 5.74) is 6.65. The van der Waals surface area contributed by atoms with Gasteiger partial charge in [0.05, 0.1) is 35.6 Å². The third-order valence-corrected chi connectivity index (χ3v) is 14.2.